The molecule has 3 rings (SSSR count). The Balaban J connectivity index is 1.85. The highest BCUT2D eigenvalue weighted by Crippen LogP contribution is 2.37. The second-order valence-electron chi connectivity index (χ2n) is 5.84. The van der Waals surface area contributed by atoms with Crippen molar-refractivity contribution in [2.24, 2.45) is 0 Å². The Kier molecular flexibility index (Phi) is 4.31. The van der Waals surface area contributed by atoms with Gasteiger partial charge in [-0.3, -0.25) is 4.98 Å². The highest BCUT2D eigenvalue weighted by molar-refractivity contribution is 7.15. The van der Waals surface area contributed by atoms with Gasteiger partial charge in [-0.2, -0.15) is 0 Å². The summed E-state index contributed by atoms with van der Waals surface area (Å²) in [6, 6.07) is 3.65. The number of thiazole rings is 1. The van der Waals surface area contributed by atoms with Crippen molar-refractivity contribution >= 4 is 11.3 Å². The lowest BCUT2D eigenvalue weighted by Crippen LogP contribution is -2.29. The minimum absolute atomic E-state index is 0.306. The van der Waals surface area contributed by atoms with E-state index >= 15 is 0 Å². The number of pyridine rings is 1. The molecule has 1 atom stereocenters. The predicted octanol–water partition coefficient (Wildman–Crippen LogP) is 3.76. The van der Waals surface area contributed by atoms with Crippen LogP contribution in [-0.2, 0) is 6.42 Å². The van der Waals surface area contributed by atoms with Gasteiger partial charge in [0, 0.05) is 23.4 Å². The topological polar surface area (TPSA) is 37.8 Å². The van der Waals surface area contributed by atoms with Gasteiger partial charge < -0.3 is 5.32 Å². The third-order valence-electron chi connectivity index (χ3n) is 3.79. The van der Waals surface area contributed by atoms with Gasteiger partial charge in [0.15, 0.2) is 0 Å². The van der Waals surface area contributed by atoms with Crippen molar-refractivity contribution in [3.63, 3.8) is 0 Å². The van der Waals surface area contributed by atoms with Crippen LogP contribution in [0.2, 0.25) is 0 Å². The third-order valence-corrected chi connectivity index (χ3v) is 4.94. The Morgan fingerprint density at radius 2 is 2.29 bits per heavy atom. The van der Waals surface area contributed by atoms with Crippen molar-refractivity contribution < 1.29 is 4.39 Å². The van der Waals surface area contributed by atoms with Gasteiger partial charge in [-0.1, -0.05) is 13.8 Å². The highest BCUT2D eigenvalue weighted by Gasteiger charge is 2.25. The number of aryl methyl sites for hydroxylation is 1. The van der Waals surface area contributed by atoms with Gasteiger partial charge in [-0.15, -0.1) is 11.3 Å². The number of fused-ring (bicyclic) bond motifs is 1. The molecule has 0 radical (unpaired) electrons. The Bertz CT molecular complexity index is 606. The Morgan fingerprint density at radius 3 is 3.00 bits per heavy atom. The Morgan fingerprint density at radius 1 is 1.43 bits per heavy atom. The van der Waals surface area contributed by atoms with Crippen LogP contribution in [0.1, 0.15) is 43.2 Å². The summed E-state index contributed by atoms with van der Waals surface area (Å²) < 4.78 is 13.0. The predicted molar refractivity (Wildman–Crippen MR) is 84.1 cm³/mol. The average molecular weight is 305 g/mol. The molecule has 0 bridgehead atoms. The second kappa shape index (κ2) is 6.20. The lowest BCUT2D eigenvalue weighted by molar-refractivity contribution is 0.475. The van der Waals surface area contributed by atoms with E-state index in [0.717, 1.165) is 23.7 Å². The fourth-order valence-corrected chi connectivity index (χ4v) is 3.86. The van der Waals surface area contributed by atoms with Crippen LogP contribution in [0.25, 0.3) is 10.7 Å². The number of hydrogen-bond donors (Lipinski definition) is 1. The molecule has 1 N–H and O–H groups in total. The van der Waals surface area contributed by atoms with Crippen LogP contribution in [0, 0.1) is 5.82 Å². The lowest BCUT2D eigenvalue weighted by Gasteiger charge is -2.22. The normalized spacial score (nSPS) is 18.0. The second-order valence-corrected chi connectivity index (χ2v) is 6.92. The number of halogens is 1. The van der Waals surface area contributed by atoms with Crippen LogP contribution in [0.15, 0.2) is 18.3 Å². The van der Waals surface area contributed by atoms with E-state index < -0.39 is 0 Å². The molecule has 0 spiro atoms. The van der Waals surface area contributed by atoms with Crippen molar-refractivity contribution in [1.82, 2.24) is 15.3 Å². The van der Waals surface area contributed by atoms with Crippen LogP contribution in [0.5, 0.6) is 0 Å². The van der Waals surface area contributed by atoms with E-state index in [9.17, 15) is 4.39 Å². The summed E-state index contributed by atoms with van der Waals surface area (Å²) in [6.45, 7) is 5.31. The van der Waals surface area contributed by atoms with E-state index in [1.165, 1.54) is 35.7 Å². The van der Waals surface area contributed by atoms with Gasteiger partial charge in [-0.25, -0.2) is 9.37 Å². The maximum absolute atomic E-state index is 13.0. The van der Waals surface area contributed by atoms with E-state index in [-0.39, 0.29) is 5.82 Å². The molecule has 1 aliphatic carbocycles. The molecule has 0 fully saturated rings. The van der Waals surface area contributed by atoms with Gasteiger partial charge >= 0.3 is 0 Å². The largest absolute Gasteiger partial charge is 0.314 e. The minimum Gasteiger partial charge on any atom is -0.314 e. The van der Waals surface area contributed by atoms with E-state index in [4.69, 9.17) is 4.98 Å². The number of rotatable bonds is 4. The van der Waals surface area contributed by atoms with Crippen LogP contribution in [-0.4, -0.2) is 22.6 Å². The molecule has 0 saturated carbocycles. The number of nitrogens with zero attached hydrogens (tertiary/aromatic N) is 2. The lowest BCUT2D eigenvalue weighted by atomic mass is 9.91. The zero-order valence-corrected chi connectivity index (χ0v) is 13.2. The average Bonchev–Trinajstić information content (AvgIpc) is 2.90. The monoisotopic (exact) mass is 305 g/mol. The van der Waals surface area contributed by atoms with Gasteiger partial charge in [0.1, 0.15) is 10.8 Å². The molecule has 0 aromatic carbocycles. The summed E-state index contributed by atoms with van der Waals surface area (Å²) in [6.07, 6.45) is 4.77. The maximum atomic E-state index is 13.0. The van der Waals surface area contributed by atoms with Gasteiger partial charge in [0.05, 0.1) is 17.6 Å². The summed E-state index contributed by atoms with van der Waals surface area (Å²) in [7, 11) is 0. The van der Waals surface area contributed by atoms with Gasteiger partial charge in [0.2, 0.25) is 0 Å². The molecule has 0 saturated heterocycles. The van der Waals surface area contributed by atoms with Crippen molar-refractivity contribution in [2.75, 3.05) is 6.54 Å². The number of aromatic nitrogens is 2. The van der Waals surface area contributed by atoms with E-state index in [0.29, 0.717) is 12.0 Å². The first-order chi connectivity index (χ1) is 10.1. The fraction of sp³-hybridized carbons (Fsp3) is 0.500. The smallest absolute Gasteiger partial charge is 0.142 e. The van der Waals surface area contributed by atoms with E-state index in [1.807, 2.05) is 0 Å². The molecular weight excluding hydrogens is 285 g/mol. The summed E-state index contributed by atoms with van der Waals surface area (Å²) in [5.41, 5.74) is 1.99. The summed E-state index contributed by atoms with van der Waals surface area (Å²) in [5, 5.41) is 4.43. The maximum Gasteiger partial charge on any atom is 0.142 e. The SMILES string of the molecule is CC(C)NCC1CCCc2sc(-c3ccc(F)cn3)nc21. The van der Waals surface area contributed by atoms with Crippen molar-refractivity contribution in [1.29, 1.82) is 0 Å². The molecule has 1 aliphatic rings. The fourth-order valence-electron chi connectivity index (χ4n) is 2.70. The number of nitrogens with one attached hydrogen (secondary N) is 1. The molecule has 5 heteroatoms. The first kappa shape index (κ1) is 14.6. The highest BCUT2D eigenvalue weighted by atomic mass is 32.1. The van der Waals surface area contributed by atoms with Crippen LogP contribution in [0.4, 0.5) is 4.39 Å². The van der Waals surface area contributed by atoms with Crippen molar-refractivity contribution in [3.05, 3.63) is 34.7 Å². The zero-order chi connectivity index (χ0) is 14.8. The van der Waals surface area contributed by atoms with Gasteiger partial charge in [-0.05, 0) is 31.4 Å². The summed E-state index contributed by atoms with van der Waals surface area (Å²) in [4.78, 5) is 10.3. The molecule has 0 amide bonds. The van der Waals surface area contributed by atoms with Crippen LogP contribution < -0.4 is 5.32 Å². The first-order valence-corrected chi connectivity index (χ1v) is 8.30. The van der Waals surface area contributed by atoms with Crippen LogP contribution in [0.3, 0.4) is 0 Å². The van der Waals surface area contributed by atoms with Crippen molar-refractivity contribution in [2.45, 2.75) is 45.1 Å². The third kappa shape index (κ3) is 3.30. The first-order valence-electron chi connectivity index (χ1n) is 7.48. The zero-order valence-electron chi connectivity index (χ0n) is 12.4. The molecule has 1 unspecified atom stereocenters. The molecule has 2 aromatic rings. The summed E-state index contributed by atoms with van der Waals surface area (Å²) >= 11 is 1.71. The molecule has 2 aromatic heterocycles. The van der Waals surface area contributed by atoms with Crippen LogP contribution >= 0.6 is 11.3 Å². The molecule has 3 nitrogen and oxygen atoms in total. The molecular formula is C16H20FN3S. The standard InChI is InChI=1S/C16H20FN3S/c1-10(2)18-8-11-4-3-5-14-15(11)20-16(21-14)13-7-6-12(17)9-19-13/h6-7,9-11,18H,3-5,8H2,1-2H3. The Hall–Kier alpha value is -1.33. The minimum atomic E-state index is -0.306. The molecule has 21 heavy (non-hydrogen) atoms. The molecule has 112 valence electrons. The van der Waals surface area contributed by atoms with Crippen molar-refractivity contribution in [3.8, 4) is 10.7 Å². The number of hydrogen-bond acceptors (Lipinski definition) is 4. The van der Waals surface area contributed by atoms with Gasteiger partial charge in [0.25, 0.3) is 0 Å². The van der Waals surface area contributed by atoms with E-state index in [1.54, 1.807) is 17.4 Å². The van der Waals surface area contributed by atoms with E-state index in [2.05, 4.69) is 24.1 Å². The summed E-state index contributed by atoms with van der Waals surface area (Å²) in [5.74, 6) is 0.181. The quantitative estimate of drug-likeness (QED) is 0.934. The molecule has 0 aliphatic heterocycles. The Labute approximate surface area is 128 Å². The molecule has 2 heterocycles.